The van der Waals surface area contributed by atoms with Crippen molar-refractivity contribution in [2.24, 2.45) is 0 Å². The van der Waals surface area contributed by atoms with Crippen LogP contribution < -0.4 is 5.32 Å². The Hall–Kier alpha value is -1.32. The third kappa shape index (κ3) is 3.86. The molecule has 0 saturated carbocycles. The Labute approximate surface area is 138 Å². The molecular formula is C17H17BrClNO. The fourth-order valence-corrected chi connectivity index (χ4v) is 2.97. The van der Waals surface area contributed by atoms with Crippen LogP contribution in [0.15, 0.2) is 46.9 Å². The molecule has 0 saturated heterocycles. The van der Waals surface area contributed by atoms with Crippen molar-refractivity contribution < 1.29 is 4.79 Å². The first-order chi connectivity index (χ1) is 9.79. The van der Waals surface area contributed by atoms with Crippen LogP contribution in [-0.4, -0.2) is 5.91 Å². The van der Waals surface area contributed by atoms with Crippen LogP contribution in [-0.2, 0) is 5.41 Å². The first-order valence-electron chi connectivity index (χ1n) is 6.65. The molecule has 4 heteroatoms. The molecule has 1 amide bonds. The Bertz CT molecular complexity index is 677. The smallest absolute Gasteiger partial charge is 0.256 e. The molecule has 2 rings (SSSR count). The Kier molecular flexibility index (Phi) is 4.74. The maximum Gasteiger partial charge on any atom is 0.256 e. The van der Waals surface area contributed by atoms with Crippen molar-refractivity contribution in [3.05, 3.63) is 63.1 Å². The number of benzene rings is 2. The highest BCUT2D eigenvalue weighted by Crippen LogP contribution is 2.30. The molecule has 0 fully saturated rings. The summed E-state index contributed by atoms with van der Waals surface area (Å²) < 4.78 is 0.681. The molecule has 2 aromatic carbocycles. The maximum atomic E-state index is 12.4. The van der Waals surface area contributed by atoms with Crippen molar-refractivity contribution >= 4 is 39.1 Å². The second kappa shape index (κ2) is 6.20. The highest BCUT2D eigenvalue weighted by atomic mass is 79.9. The van der Waals surface area contributed by atoms with Gasteiger partial charge in [-0.15, -0.1) is 0 Å². The van der Waals surface area contributed by atoms with E-state index in [4.69, 9.17) is 11.6 Å². The van der Waals surface area contributed by atoms with Crippen LogP contribution in [0, 0.1) is 0 Å². The molecule has 0 aliphatic heterocycles. The van der Waals surface area contributed by atoms with Gasteiger partial charge in [-0.3, -0.25) is 4.79 Å². The van der Waals surface area contributed by atoms with Gasteiger partial charge in [0.25, 0.3) is 5.91 Å². The van der Waals surface area contributed by atoms with Gasteiger partial charge in [-0.05, 0) is 51.2 Å². The van der Waals surface area contributed by atoms with E-state index >= 15 is 0 Å². The highest BCUT2D eigenvalue weighted by molar-refractivity contribution is 9.10. The summed E-state index contributed by atoms with van der Waals surface area (Å²) in [5, 5.41) is 3.57. The lowest BCUT2D eigenvalue weighted by molar-refractivity contribution is 0.102. The molecule has 2 aromatic rings. The molecule has 0 atom stereocenters. The monoisotopic (exact) mass is 365 g/mol. The van der Waals surface area contributed by atoms with Crippen LogP contribution in [0.4, 0.5) is 5.69 Å². The van der Waals surface area contributed by atoms with E-state index in [1.807, 2.05) is 24.3 Å². The lowest BCUT2D eigenvalue weighted by atomic mass is 9.86. The largest absolute Gasteiger partial charge is 0.322 e. The van der Waals surface area contributed by atoms with Gasteiger partial charge >= 0.3 is 0 Å². The van der Waals surface area contributed by atoms with Gasteiger partial charge in [0.1, 0.15) is 0 Å². The standard InChI is InChI=1S/C17H17BrClNO/c1-17(2,3)13-6-4-5-7-15(13)20-16(21)12-9-8-11(19)10-14(12)18/h4-10H,1-3H3,(H,20,21). The van der Waals surface area contributed by atoms with Crippen LogP contribution in [0.2, 0.25) is 5.02 Å². The van der Waals surface area contributed by atoms with Gasteiger partial charge in [0.15, 0.2) is 0 Å². The summed E-state index contributed by atoms with van der Waals surface area (Å²) in [4.78, 5) is 12.4. The fraction of sp³-hybridized carbons (Fsp3) is 0.235. The van der Waals surface area contributed by atoms with Crippen molar-refractivity contribution in [3.63, 3.8) is 0 Å². The average Bonchev–Trinajstić information content (AvgIpc) is 2.37. The number of rotatable bonds is 2. The number of anilines is 1. The lowest BCUT2D eigenvalue weighted by Gasteiger charge is -2.23. The van der Waals surface area contributed by atoms with Crippen molar-refractivity contribution in [2.75, 3.05) is 5.32 Å². The van der Waals surface area contributed by atoms with E-state index in [9.17, 15) is 4.79 Å². The predicted molar refractivity (Wildman–Crippen MR) is 92.2 cm³/mol. The molecule has 0 aliphatic carbocycles. The second-order valence-corrected chi connectivity index (χ2v) is 7.16. The number of para-hydroxylation sites is 1. The molecule has 1 N–H and O–H groups in total. The van der Waals surface area contributed by atoms with Gasteiger partial charge in [-0.25, -0.2) is 0 Å². The van der Waals surface area contributed by atoms with E-state index in [0.717, 1.165) is 11.3 Å². The van der Waals surface area contributed by atoms with Gasteiger partial charge < -0.3 is 5.32 Å². The SMILES string of the molecule is CC(C)(C)c1ccccc1NC(=O)c1ccc(Cl)cc1Br. The number of nitrogens with one attached hydrogen (secondary N) is 1. The molecule has 2 nitrogen and oxygen atoms in total. The van der Waals surface area contributed by atoms with Crippen LogP contribution in [0.3, 0.4) is 0 Å². The molecule has 0 bridgehead atoms. The summed E-state index contributed by atoms with van der Waals surface area (Å²) in [6.07, 6.45) is 0. The average molecular weight is 367 g/mol. The number of hydrogen-bond donors (Lipinski definition) is 1. The Morgan fingerprint density at radius 3 is 2.43 bits per heavy atom. The minimum Gasteiger partial charge on any atom is -0.322 e. The molecule has 0 heterocycles. The second-order valence-electron chi connectivity index (χ2n) is 5.87. The Balaban J connectivity index is 2.32. The lowest BCUT2D eigenvalue weighted by Crippen LogP contribution is -2.19. The molecule has 0 unspecified atom stereocenters. The van der Waals surface area contributed by atoms with Gasteiger partial charge in [0, 0.05) is 15.2 Å². The minimum atomic E-state index is -0.157. The summed E-state index contributed by atoms with van der Waals surface area (Å²) in [5.41, 5.74) is 2.45. The van der Waals surface area contributed by atoms with E-state index in [1.54, 1.807) is 18.2 Å². The third-order valence-electron chi connectivity index (χ3n) is 3.16. The van der Waals surface area contributed by atoms with Crippen LogP contribution in [0.25, 0.3) is 0 Å². The van der Waals surface area contributed by atoms with Gasteiger partial charge in [0.2, 0.25) is 0 Å². The summed E-state index contributed by atoms with van der Waals surface area (Å²) in [6.45, 7) is 6.36. The van der Waals surface area contributed by atoms with Crippen LogP contribution in [0.5, 0.6) is 0 Å². The predicted octanol–water partition coefficient (Wildman–Crippen LogP) is 5.65. The zero-order valence-corrected chi connectivity index (χ0v) is 14.5. The topological polar surface area (TPSA) is 29.1 Å². The van der Waals surface area contributed by atoms with Gasteiger partial charge in [-0.1, -0.05) is 50.6 Å². The van der Waals surface area contributed by atoms with Crippen molar-refractivity contribution in [1.82, 2.24) is 0 Å². The van der Waals surface area contributed by atoms with Crippen molar-refractivity contribution in [2.45, 2.75) is 26.2 Å². The van der Waals surface area contributed by atoms with E-state index in [-0.39, 0.29) is 11.3 Å². The molecule has 0 spiro atoms. The van der Waals surface area contributed by atoms with E-state index in [0.29, 0.717) is 15.1 Å². The van der Waals surface area contributed by atoms with Crippen LogP contribution >= 0.6 is 27.5 Å². The number of carbonyl (C=O) groups excluding carboxylic acids is 1. The molecule has 110 valence electrons. The summed E-state index contributed by atoms with van der Waals surface area (Å²) >= 11 is 9.28. The first-order valence-corrected chi connectivity index (χ1v) is 7.82. The summed E-state index contributed by atoms with van der Waals surface area (Å²) in [6, 6.07) is 13.0. The summed E-state index contributed by atoms with van der Waals surface area (Å²) in [7, 11) is 0. The van der Waals surface area contributed by atoms with E-state index in [1.165, 1.54) is 0 Å². The number of amides is 1. The molecule has 0 aliphatic rings. The summed E-state index contributed by atoms with van der Waals surface area (Å²) in [5.74, 6) is -0.157. The molecule has 0 radical (unpaired) electrons. The van der Waals surface area contributed by atoms with E-state index < -0.39 is 0 Å². The molecular weight excluding hydrogens is 350 g/mol. The molecule has 21 heavy (non-hydrogen) atoms. The van der Waals surface area contributed by atoms with Crippen molar-refractivity contribution in [1.29, 1.82) is 0 Å². The quantitative estimate of drug-likeness (QED) is 0.731. The van der Waals surface area contributed by atoms with Gasteiger partial charge in [-0.2, -0.15) is 0 Å². The van der Waals surface area contributed by atoms with Crippen LogP contribution in [0.1, 0.15) is 36.7 Å². The number of halogens is 2. The highest BCUT2D eigenvalue weighted by Gasteiger charge is 2.19. The van der Waals surface area contributed by atoms with E-state index in [2.05, 4.69) is 42.0 Å². The Morgan fingerprint density at radius 1 is 1.14 bits per heavy atom. The number of hydrogen-bond acceptors (Lipinski definition) is 1. The Morgan fingerprint density at radius 2 is 1.81 bits per heavy atom. The zero-order chi connectivity index (χ0) is 15.6. The zero-order valence-electron chi connectivity index (χ0n) is 12.2. The minimum absolute atomic E-state index is 0.0406. The molecule has 0 aromatic heterocycles. The normalized spacial score (nSPS) is 11.3. The van der Waals surface area contributed by atoms with Gasteiger partial charge in [0.05, 0.1) is 5.56 Å². The first kappa shape index (κ1) is 16.1. The maximum absolute atomic E-state index is 12.4. The fourth-order valence-electron chi connectivity index (χ4n) is 2.11. The number of carbonyl (C=O) groups is 1. The van der Waals surface area contributed by atoms with Crippen molar-refractivity contribution in [3.8, 4) is 0 Å². The third-order valence-corrected chi connectivity index (χ3v) is 4.05.